The van der Waals surface area contributed by atoms with Crippen molar-refractivity contribution < 1.29 is 0 Å². The molecule has 0 aromatic heterocycles. The summed E-state index contributed by atoms with van der Waals surface area (Å²) in [6.45, 7) is 11.2. The standard InChI is InChI=1S/C17H33N3/c1-3-14(2)20-10-8-19(9-11-20)7-6-15-12-16-4-5-17(13-15)18-16/h14-18H,3-13H2,1-2H3. The number of piperidine rings is 1. The predicted molar refractivity (Wildman–Crippen MR) is 85.1 cm³/mol. The number of hydrogen-bond acceptors (Lipinski definition) is 3. The van der Waals surface area contributed by atoms with Gasteiger partial charge in [-0.25, -0.2) is 0 Å². The highest BCUT2D eigenvalue weighted by Gasteiger charge is 2.33. The molecule has 0 aromatic carbocycles. The lowest BCUT2D eigenvalue weighted by Gasteiger charge is -2.38. The second-order valence-electron chi connectivity index (χ2n) is 7.40. The maximum absolute atomic E-state index is 3.76. The molecule has 0 spiro atoms. The molecular formula is C17H33N3. The molecule has 0 saturated carbocycles. The van der Waals surface area contributed by atoms with E-state index in [1.807, 2.05) is 0 Å². The molecule has 3 fully saturated rings. The summed E-state index contributed by atoms with van der Waals surface area (Å²) >= 11 is 0. The van der Waals surface area contributed by atoms with Gasteiger partial charge in [0, 0.05) is 44.3 Å². The summed E-state index contributed by atoms with van der Waals surface area (Å²) in [5.74, 6) is 1.00. The fourth-order valence-corrected chi connectivity index (χ4v) is 4.46. The van der Waals surface area contributed by atoms with Crippen molar-refractivity contribution >= 4 is 0 Å². The average molecular weight is 279 g/mol. The van der Waals surface area contributed by atoms with Crippen molar-refractivity contribution in [3.8, 4) is 0 Å². The highest BCUT2D eigenvalue weighted by molar-refractivity contribution is 4.92. The van der Waals surface area contributed by atoms with Crippen LogP contribution in [-0.2, 0) is 0 Å². The Labute approximate surface area is 125 Å². The number of nitrogens with zero attached hydrogens (tertiary/aromatic N) is 2. The zero-order valence-electron chi connectivity index (χ0n) is 13.5. The van der Waals surface area contributed by atoms with Crippen LogP contribution in [0, 0.1) is 5.92 Å². The Bertz CT molecular complexity index is 287. The zero-order chi connectivity index (χ0) is 13.9. The third kappa shape index (κ3) is 3.55. The fourth-order valence-electron chi connectivity index (χ4n) is 4.46. The topological polar surface area (TPSA) is 18.5 Å². The van der Waals surface area contributed by atoms with E-state index in [4.69, 9.17) is 0 Å². The van der Waals surface area contributed by atoms with Gasteiger partial charge in [0.05, 0.1) is 0 Å². The Morgan fingerprint density at radius 1 is 1.05 bits per heavy atom. The van der Waals surface area contributed by atoms with Crippen molar-refractivity contribution in [2.24, 2.45) is 5.92 Å². The molecule has 3 unspecified atom stereocenters. The van der Waals surface area contributed by atoms with Crippen molar-refractivity contribution in [2.45, 2.75) is 70.5 Å². The molecule has 3 heteroatoms. The molecule has 0 aliphatic carbocycles. The van der Waals surface area contributed by atoms with Gasteiger partial charge in [0.25, 0.3) is 0 Å². The van der Waals surface area contributed by atoms with Crippen LogP contribution in [0.2, 0.25) is 0 Å². The van der Waals surface area contributed by atoms with Gasteiger partial charge in [-0.2, -0.15) is 0 Å². The molecular weight excluding hydrogens is 246 g/mol. The van der Waals surface area contributed by atoms with Crippen molar-refractivity contribution in [1.29, 1.82) is 0 Å². The Balaban J connectivity index is 1.36. The van der Waals surface area contributed by atoms with Gasteiger partial charge in [-0.1, -0.05) is 6.92 Å². The van der Waals surface area contributed by atoms with Gasteiger partial charge < -0.3 is 10.2 Å². The molecule has 1 N–H and O–H groups in total. The normalized spacial score (nSPS) is 37.2. The van der Waals surface area contributed by atoms with Crippen LogP contribution >= 0.6 is 0 Å². The number of rotatable bonds is 5. The van der Waals surface area contributed by atoms with Gasteiger partial charge in [-0.05, 0) is 57.9 Å². The summed E-state index contributed by atoms with van der Waals surface area (Å²) in [7, 11) is 0. The lowest BCUT2D eigenvalue weighted by Crippen LogP contribution is -2.50. The largest absolute Gasteiger partial charge is 0.311 e. The minimum atomic E-state index is 0.775. The SMILES string of the molecule is CCC(C)N1CCN(CCC2CC3CCC(C2)N3)CC1. The zero-order valence-corrected chi connectivity index (χ0v) is 13.5. The van der Waals surface area contributed by atoms with Crippen LogP contribution in [-0.4, -0.2) is 60.6 Å². The first kappa shape index (κ1) is 14.8. The van der Waals surface area contributed by atoms with Crippen molar-refractivity contribution in [2.75, 3.05) is 32.7 Å². The summed E-state index contributed by atoms with van der Waals surface area (Å²) in [6, 6.07) is 2.50. The average Bonchev–Trinajstić information content (AvgIpc) is 2.83. The van der Waals surface area contributed by atoms with Gasteiger partial charge >= 0.3 is 0 Å². The maximum atomic E-state index is 3.76. The summed E-state index contributed by atoms with van der Waals surface area (Å²) in [4.78, 5) is 5.38. The molecule has 116 valence electrons. The quantitative estimate of drug-likeness (QED) is 0.833. The van der Waals surface area contributed by atoms with Crippen LogP contribution in [0.3, 0.4) is 0 Å². The van der Waals surface area contributed by atoms with Crippen molar-refractivity contribution in [3.63, 3.8) is 0 Å². The molecule has 0 radical (unpaired) electrons. The van der Waals surface area contributed by atoms with Gasteiger partial charge in [-0.15, -0.1) is 0 Å². The van der Waals surface area contributed by atoms with Crippen molar-refractivity contribution in [1.82, 2.24) is 15.1 Å². The highest BCUT2D eigenvalue weighted by atomic mass is 15.3. The molecule has 3 aliphatic rings. The van der Waals surface area contributed by atoms with E-state index in [-0.39, 0.29) is 0 Å². The van der Waals surface area contributed by atoms with Crippen molar-refractivity contribution in [3.05, 3.63) is 0 Å². The molecule has 3 atom stereocenters. The molecule has 3 rings (SSSR count). The third-order valence-corrected chi connectivity index (χ3v) is 6.05. The van der Waals surface area contributed by atoms with E-state index in [1.54, 1.807) is 0 Å². The van der Waals surface area contributed by atoms with Crippen LogP contribution in [0.25, 0.3) is 0 Å². The van der Waals surface area contributed by atoms with Gasteiger partial charge in [0.2, 0.25) is 0 Å². The first-order valence-corrected chi connectivity index (χ1v) is 8.97. The first-order chi connectivity index (χ1) is 9.74. The van der Waals surface area contributed by atoms with E-state index in [1.165, 1.54) is 71.2 Å². The molecule has 3 heterocycles. The number of nitrogens with one attached hydrogen (secondary N) is 1. The minimum Gasteiger partial charge on any atom is -0.311 e. The van der Waals surface area contributed by atoms with E-state index in [0.29, 0.717) is 0 Å². The molecule has 3 saturated heterocycles. The van der Waals surface area contributed by atoms with E-state index >= 15 is 0 Å². The summed E-state index contributed by atoms with van der Waals surface area (Å²) in [5.41, 5.74) is 0. The van der Waals surface area contributed by atoms with Crippen LogP contribution in [0.1, 0.15) is 52.4 Å². The Morgan fingerprint density at radius 3 is 2.30 bits per heavy atom. The third-order valence-electron chi connectivity index (χ3n) is 6.05. The predicted octanol–water partition coefficient (Wildman–Crippen LogP) is 2.32. The lowest BCUT2D eigenvalue weighted by molar-refractivity contribution is 0.0941. The van der Waals surface area contributed by atoms with Gasteiger partial charge in [-0.3, -0.25) is 4.90 Å². The van der Waals surface area contributed by atoms with E-state index in [0.717, 1.165) is 24.0 Å². The molecule has 3 aliphatic heterocycles. The Kier molecular flexibility index (Phi) is 5.00. The number of piperazine rings is 1. The second-order valence-corrected chi connectivity index (χ2v) is 7.40. The van der Waals surface area contributed by atoms with Gasteiger partial charge in [0.1, 0.15) is 0 Å². The smallest absolute Gasteiger partial charge is 0.0113 e. The summed E-state index contributed by atoms with van der Waals surface area (Å²) in [5, 5.41) is 3.76. The highest BCUT2D eigenvalue weighted by Crippen LogP contribution is 2.32. The van der Waals surface area contributed by atoms with E-state index in [2.05, 4.69) is 29.0 Å². The van der Waals surface area contributed by atoms with Gasteiger partial charge in [0.15, 0.2) is 0 Å². The van der Waals surface area contributed by atoms with Crippen LogP contribution in [0.5, 0.6) is 0 Å². The fraction of sp³-hybridized carbons (Fsp3) is 1.00. The summed E-state index contributed by atoms with van der Waals surface area (Å²) < 4.78 is 0. The molecule has 2 bridgehead atoms. The van der Waals surface area contributed by atoms with E-state index < -0.39 is 0 Å². The van der Waals surface area contributed by atoms with Crippen LogP contribution < -0.4 is 5.32 Å². The molecule has 0 aromatic rings. The molecule has 0 amide bonds. The molecule has 20 heavy (non-hydrogen) atoms. The summed E-state index contributed by atoms with van der Waals surface area (Å²) in [6.07, 6.45) is 8.51. The van der Waals surface area contributed by atoms with Crippen LogP contribution in [0.4, 0.5) is 0 Å². The first-order valence-electron chi connectivity index (χ1n) is 8.97. The molecule has 3 nitrogen and oxygen atoms in total. The number of fused-ring (bicyclic) bond motifs is 2. The lowest BCUT2D eigenvalue weighted by atomic mass is 9.89. The minimum absolute atomic E-state index is 0.775. The second kappa shape index (κ2) is 6.76. The Hall–Kier alpha value is -0.120. The number of hydrogen-bond donors (Lipinski definition) is 1. The Morgan fingerprint density at radius 2 is 1.70 bits per heavy atom. The maximum Gasteiger partial charge on any atom is 0.0113 e. The van der Waals surface area contributed by atoms with E-state index in [9.17, 15) is 0 Å². The monoisotopic (exact) mass is 279 g/mol. The van der Waals surface area contributed by atoms with Crippen LogP contribution in [0.15, 0.2) is 0 Å².